The fourth-order valence-corrected chi connectivity index (χ4v) is 2.62. The zero-order valence-corrected chi connectivity index (χ0v) is 15.0. The summed E-state index contributed by atoms with van der Waals surface area (Å²) >= 11 is 0. The summed E-state index contributed by atoms with van der Waals surface area (Å²) in [6, 6.07) is 14.0. The molecule has 0 spiro atoms. The number of carbonyl (C=O) groups is 2. The summed E-state index contributed by atoms with van der Waals surface area (Å²) in [5.41, 5.74) is 2.30. The van der Waals surface area contributed by atoms with Crippen LogP contribution in [-0.4, -0.2) is 35.9 Å². The highest BCUT2D eigenvalue weighted by atomic mass is 16.5. The van der Waals surface area contributed by atoms with E-state index in [1.807, 2.05) is 12.1 Å². The van der Waals surface area contributed by atoms with Gasteiger partial charge in [-0.2, -0.15) is 5.10 Å². The van der Waals surface area contributed by atoms with Gasteiger partial charge in [-0.25, -0.2) is 4.79 Å². The van der Waals surface area contributed by atoms with Gasteiger partial charge in [-0.05, 0) is 29.8 Å². The Labute approximate surface area is 156 Å². The number of ether oxygens (including phenoxy) is 2. The van der Waals surface area contributed by atoms with Gasteiger partial charge in [0.05, 0.1) is 38.2 Å². The zero-order valence-electron chi connectivity index (χ0n) is 15.0. The topological polar surface area (TPSA) is 82.5 Å². The lowest BCUT2D eigenvalue weighted by atomic mass is 10.1. The van der Waals surface area contributed by atoms with Crippen LogP contribution >= 0.6 is 0 Å². The first-order chi connectivity index (χ1) is 13.1. The summed E-state index contributed by atoms with van der Waals surface area (Å²) in [4.78, 5) is 24.2. The van der Waals surface area contributed by atoms with Crippen LogP contribution in [0, 0.1) is 0 Å². The molecular weight excluding hydrogens is 346 g/mol. The summed E-state index contributed by atoms with van der Waals surface area (Å²) < 4.78 is 11.6. The monoisotopic (exact) mass is 365 g/mol. The van der Waals surface area contributed by atoms with Crippen LogP contribution in [0.1, 0.15) is 26.3 Å². The molecule has 0 bridgehead atoms. The molecule has 0 fully saturated rings. The van der Waals surface area contributed by atoms with Gasteiger partial charge in [0.1, 0.15) is 5.75 Å². The minimum absolute atomic E-state index is 0.261. The maximum Gasteiger partial charge on any atom is 0.338 e. The van der Waals surface area contributed by atoms with E-state index >= 15 is 0 Å². The second-order valence-corrected chi connectivity index (χ2v) is 5.76. The molecule has 2 aromatic carbocycles. The van der Waals surface area contributed by atoms with Gasteiger partial charge in [0, 0.05) is 11.8 Å². The second kappa shape index (κ2) is 8.18. The normalized spacial score (nSPS) is 10.3. The van der Waals surface area contributed by atoms with Gasteiger partial charge in [0.15, 0.2) is 0 Å². The van der Waals surface area contributed by atoms with E-state index in [4.69, 9.17) is 9.47 Å². The number of carbonyl (C=O) groups excluding carboxylic acids is 2. The molecule has 0 atom stereocenters. The standard InChI is InChI=1S/C20H19N3O4/c1-26-17-8-5-7-14(10-17)19(24)22-16-11-21-23(13-16)12-15-6-3-4-9-18(15)20(25)27-2/h3-11,13H,12H2,1-2H3,(H,22,24). The summed E-state index contributed by atoms with van der Waals surface area (Å²) in [5.74, 6) is -0.0505. The SMILES string of the molecule is COC(=O)c1ccccc1Cn1cc(NC(=O)c2cccc(OC)c2)cn1. The molecule has 0 saturated carbocycles. The molecule has 1 amide bonds. The van der Waals surface area contributed by atoms with Crippen molar-refractivity contribution >= 4 is 17.6 Å². The van der Waals surface area contributed by atoms with Crippen LogP contribution in [0.2, 0.25) is 0 Å². The molecular formula is C20H19N3O4. The number of anilines is 1. The van der Waals surface area contributed by atoms with Gasteiger partial charge >= 0.3 is 5.97 Å². The Morgan fingerprint density at radius 2 is 1.93 bits per heavy atom. The molecule has 1 N–H and O–H groups in total. The van der Waals surface area contributed by atoms with Crippen molar-refractivity contribution in [3.63, 3.8) is 0 Å². The third-order valence-corrected chi connectivity index (χ3v) is 3.98. The summed E-state index contributed by atoms with van der Waals surface area (Å²) in [7, 11) is 2.90. The minimum atomic E-state index is -0.399. The zero-order chi connectivity index (χ0) is 19.2. The van der Waals surface area contributed by atoms with Crippen LogP contribution in [0.25, 0.3) is 0 Å². The number of hydrogen-bond acceptors (Lipinski definition) is 5. The van der Waals surface area contributed by atoms with E-state index in [1.54, 1.807) is 60.6 Å². The van der Waals surface area contributed by atoms with Crippen molar-refractivity contribution in [2.45, 2.75) is 6.54 Å². The Bertz CT molecular complexity index is 965. The Balaban J connectivity index is 1.72. The van der Waals surface area contributed by atoms with Crippen molar-refractivity contribution in [2.75, 3.05) is 19.5 Å². The molecule has 0 aliphatic heterocycles. The van der Waals surface area contributed by atoms with Crippen molar-refractivity contribution < 1.29 is 19.1 Å². The third-order valence-electron chi connectivity index (χ3n) is 3.98. The number of methoxy groups -OCH3 is 2. The average Bonchev–Trinajstić information content (AvgIpc) is 3.14. The Morgan fingerprint density at radius 3 is 2.70 bits per heavy atom. The highest BCUT2D eigenvalue weighted by Gasteiger charge is 2.13. The molecule has 0 saturated heterocycles. The fourth-order valence-electron chi connectivity index (χ4n) is 2.62. The van der Waals surface area contributed by atoms with E-state index in [1.165, 1.54) is 7.11 Å². The van der Waals surface area contributed by atoms with E-state index in [0.717, 1.165) is 5.56 Å². The van der Waals surface area contributed by atoms with Gasteiger partial charge < -0.3 is 14.8 Å². The van der Waals surface area contributed by atoms with Gasteiger partial charge in [-0.3, -0.25) is 9.48 Å². The van der Waals surface area contributed by atoms with E-state index in [9.17, 15) is 9.59 Å². The number of esters is 1. The highest BCUT2D eigenvalue weighted by molar-refractivity contribution is 6.04. The number of nitrogens with zero attached hydrogens (tertiary/aromatic N) is 2. The lowest BCUT2D eigenvalue weighted by Gasteiger charge is -2.07. The second-order valence-electron chi connectivity index (χ2n) is 5.76. The molecule has 7 heteroatoms. The van der Waals surface area contributed by atoms with Crippen LogP contribution in [-0.2, 0) is 11.3 Å². The average molecular weight is 365 g/mol. The van der Waals surface area contributed by atoms with Crippen molar-refractivity contribution in [2.24, 2.45) is 0 Å². The first kappa shape index (κ1) is 18.2. The molecule has 0 unspecified atom stereocenters. The molecule has 1 heterocycles. The molecule has 0 aliphatic rings. The molecule has 0 radical (unpaired) electrons. The molecule has 27 heavy (non-hydrogen) atoms. The van der Waals surface area contributed by atoms with Gasteiger partial charge in [-0.1, -0.05) is 24.3 Å². The van der Waals surface area contributed by atoms with Crippen molar-refractivity contribution in [1.82, 2.24) is 9.78 Å². The van der Waals surface area contributed by atoms with Crippen molar-refractivity contribution in [1.29, 1.82) is 0 Å². The van der Waals surface area contributed by atoms with Crippen LogP contribution in [0.4, 0.5) is 5.69 Å². The van der Waals surface area contributed by atoms with Crippen LogP contribution in [0.3, 0.4) is 0 Å². The van der Waals surface area contributed by atoms with Gasteiger partial charge in [-0.15, -0.1) is 0 Å². The quantitative estimate of drug-likeness (QED) is 0.679. The summed E-state index contributed by atoms with van der Waals surface area (Å²) in [5, 5.41) is 7.04. The fraction of sp³-hybridized carbons (Fsp3) is 0.150. The number of nitrogens with one attached hydrogen (secondary N) is 1. The van der Waals surface area contributed by atoms with Crippen LogP contribution in [0.5, 0.6) is 5.75 Å². The van der Waals surface area contributed by atoms with Crippen LogP contribution < -0.4 is 10.1 Å². The minimum Gasteiger partial charge on any atom is -0.497 e. The predicted octanol–water partition coefficient (Wildman–Crippen LogP) is 2.98. The van der Waals surface area contributed by atoms with E-state index in [0.29, 0.717) is 29.1 Å². The maximum absolute atomic E-state index is 12.4. The van der Waals surface area contributed by atoms with E-state index < -0.39 is 5.97 Å². The maximum atomic E-state index is 12.4. The van der Waals surface area contributed by atoms with Gasteiger partial charge in [0.2, 0.25) is 0 Å². The van der Waals surface area contributed by atoms with Crippen molar-refractivity contribution in [3.8, 4) is 5.75 Å². The number of amides is 1. The molecule has 7 nitrogen and oxygen atoms in total. The highest BCUT2D eigenvalue weighted by Crippen LogP contribution is 2.16. The molecule has 3 rings (SSSR count). The summed E-state index contributed by atoms with van der Waals surface area (Å²) in [6.45, 7) is 0.375. The number of aromatic nitrogens is 2. The molecule has 0 aliphatic carbocycles. The van der Waals surface area contributed by atoms with Gasteiger partial charge in [0.25, 0.3) is 5.91 Å². The van der Waals surface area contributed by atoms with E-state index in [-0.39, 0.29) is 5.91 Å². The third kappa shape index (κ3) is 4.33. The Kier molecular flexibility index (Phi) is 5.51. The number of rotatable bonds is 6. The Morgan fingerprint density at radius 1 is 1.11 bits per heavy atom. The number of benzene rings is 2. The first-order valence-corrected chi connectivity index (χ1v) is 8.25. The molecule has 3 aromatic rings. The number of hydrogen-bond donors (Lipinski definition) is 1. The smallest absolute Gasteiger partial charge is 0.338 e. The Hall–Kier alpha value is -3.61. The molecule has 138 valence electrons. The first-order valence-electron chi connectivity index (χ1n) is 8.25. The largest absolute Gasteiger partial charge is 0.497 e. The lowest BCUT2D eigenvalue weighted by Crippen LogP contribution is -2.11. The van der Waals surface area contributed by atoms with Crippen molar-refractivity contribution in [3.05, 3.63) is 77.6 Å². The van der Waals surface area contributed by atoms with E-state index in [2.05, 4.69) is 10.4 Å². The molecule has 1 aromatic heterocycles. The predicted molar refractivity (Wildman–Crippen MR) is 100 cm³/mol. The van der Waals surface area contributed by atoms with Crippen LogP contribution in [0.15, 0.2) is 60.9 Å². The lowest BCUT2D eigenvalue weighted by molar-refractivity contribution is 0.0599. The summed E-state index contributed by atoms with van der Waals surface area (Å²) in [6.07, 6.45) is 3.25.